The van der Waals surface area contributed by atoms with Crippen LogP contribution in [0.1, 0.15) is 37.0 Å². The van der Waals surface area contributed by atoms with Crippen LogP contribution in [0.25, 0.3) is 0 Å². The highest BCUT2D eigenvalue weighted by Crippen LogP contribution is 2.21. The van der Waals surface area contributed by atoms with Crippen LogP contribution in [0.3, 0.4) is 0 Å². The van der Waals surface area contributed by atoms with E-state index in [1.54, 1.807) is 12.3 Å². The van der Waals surface area contributed by atoms with Crippen molar-refractivity contribution in [1.82, 2.24) is 9.29 Å². The zero-order valence-electron chi connectivity index (χ0n) is 15.5. The number of nitrogens with one attached hydrogen (secondary N) is 2. The Morgan fingerprint density at radius 3 is 2.30 bits per heavy atom. The van der Waals surface area contributed by atoms with Gasteiger partial charge >= 0.3 is 0 Å². The number of anilines is 2. The third-order valence-corrected chi connectivity index (χ3v) is 6.19. The summed E-state index contributed by atoms with van der Waals surface area (Å²) in [5.41, 5.74) is 1.25. The molecule has 2 heterocycles. The highest BCUT2D eigenvalue weighted by Gasteiger charge is 2.27. The normalized spacial score (nSPS) is 15.1. The van der Waals surface area contributed by atoms with Gasteiger partial charge in [0.15, 0.2) is 0 Å². The van der Waals surface area contributed by atoms with Crippen molar-refractivity contribution < 1.29 is 13.2 Å². The van der Waals surface area contributed by atoms with Gasteiger partial charge in [-0.3, -0.25) is 4.79 Å². The number of benzene rings is 1. The molecule has 2 N–H and O–H groups in total. The lowest BCUT2D eigenvalue weighted by Crippen LogP contribution is -2.27. The molecule has 1 aliphatic heterocycles. The van der Waals surface area contributed by atoms with Crippen LogP contribution in [0.15, 0.2) is 47.5 Å². The first-order valence-electron chi connectivity index (χ1n) is 9.00. The molecule has 2 aromatic rings. The van der Waals surface area contributed by atoms with Crippen molar-refractivity contribution in [2.24, 2.45) is 0 Å². The fraction of sp³-hybridized carbons (Fsp3) is 0.368. The van der Waals surface area contributed by atoms with Crippen LogP contribution in [0.2, 0.25) is 0 Å². The summed E-state index contributed by atoms with van der Waals surface area (Å²) in [5.74, 6) is 0.0975. The van der Waals surface area contributed by atoms with Crippen molar-refractivity contribution >= 4 is 27.4 Å². The van der Waals surface area contributed by atoms with Crippen molar-refractivity contribution in [3.05, 3.63) is 48.2 Å². The average molecular weight is 388 g/mol. The largest absolute Gasteiger partial charge is 0.382 e. The van der Waals surface area contributed by atoms with E-state index in [9.17, 15) is 13.2 Å². The molecule has 1 amide bonds. The van der Waals surface area contributed by atoms with E-state index in [1.165, 1.54) is 28.6 Å². The Balaban J connectivity index is 1.67. The van der Waals surface area contributed by atoms with Crippen LogP contribution in [-0.2, 0) is 10.0 Å². The second kappa shape index (κ2) is 8.06. The molecule has 1 aromatic carbocycles. The first-order valence-corrected chi connectivity index (χ1v) is 10.4. The number of pyridine rings is 1. The van der Waals surface area contributed by atoms with Gasteiger partial charge in [0.05, 0.1) is 16.8 Å². The number of sulfonamides is 1. The molecule has 27 heavy (non-hydrogen) atoms. The van der Waals surface area contributed by atoms with Gasteiger partial charge in [0.25, 0.3) is 5.91 Å². The molecule has 3 rings (SSSR count). The molecule has 144 valence electrons. The van der Waals surface area contributed by atoms with Gasteiger partial charge in [0.1, 0.15) is 5.82 Å². The minimum Gasteiger partial charge on any atom is -0.382 e. The van der Waals surface area contributed by atoms with Gasteiger partial charge in [0.2, 0.25) is 10.0 Å². The first kappa shape index (κ1) is 19.3. The summed E-state index contributed by atoms with van der Waals surface area (Å²) in [7, 11) is -3.47. The molecule has 1 aromatic heterocycles. The SMILES string of the molecule is CC(C)Nc1ccc(NC(=O)c2ccc(S(=O)(=O)N3CCCC3)cc2)nc1. The molecular formula is C19H24N4O3S. The summed E-state index contributed by atoms with van der Waals surface area (Å²) in [6, 6.07) is 9.85. The number of carbonyl (C=O) groups excluding carboxylic acids is 1. The lowest BCUT2D eigenvalue weighted by atomic mass is 10.2. The van der Waals surface area contributed by atoms with E-state index >= 15 is 0 Å². The summed E-state index contributed by atoms with van der Waals surface area (Å²) in [6.45, 7) is 5.17. The van der Waals surface area contributed by atoms with Gasteiger partial charge < -0.3 is 10.6 Å². The second-order valence-corrected chi connectivity index (χ2v) is 8.76. The molecule has 1 aliphatic rings. The fourth-order valence-electron chi connectivity index (χ4n) is 2.93. The van der Waals surface area contributed by atoms with Crippen LogP contribution in [0.5, 0.6) is 0 Å². The molecule has 1 fully saturated rings. The molecule has 0 unspecified atom stereocenters. The third kappa shape index (κ3) is 4.64. The quantitative estimate of drug-likeness (QED) is 0.794. The summed E-state index contributed by atoms with van der Waals surface area (Å²) < 4.78 is 26.5. The summed E-state index contributed by atoms with van der Waals surface area (Å²) in [6.07, 6.45) is 3.43. The smallest absolute Gasteiger partial charge is 0.256 e. The van der Waals surface area contributed by atoms with Gasteiger partial charge in [-0.15, -0.1) is 0 Å². The van der Waals surface area contributed by atoms with Crippen LogP contribution >= 0.6 is 0 Å². The highest BCUT2D eigenvalue weighted by molar-refractivity contribution is 7.89. The number of rotatable bonds is 6. The first-order chi connectivity index (χ1) is 12.9. The zero-order chi connectivity index (χ0) is 19.4. The number of nitrogens with zero attached hydrogens (tertiary/aromatic N) is 2. The van der Waals surface area contributed by atoms with E-state index in [0.717, 1.165) is 18.5 Å². The number of amides is 1. The average Bonchev–Trinajstić information content (AvgIpc) is 3.18. The van der Waals surface area contributed by atoms with E-state index in [-0.39, 0.29) is 10.8 Å². The van der Waals surface area contributed by atoms with Gasteiger partial charge in [-0.25, -0.2) is 13.4 Å². The fourth-order valence-corrected chi connectivity index (χ4v) is 4.45. The Hall–Kier alpha value is -2.45. The number of hydrogen-bond donors (Lipinski definition) is 2. The molecule has 0 saturated carbocycles. The molecule has 0 spiro atoms. The van der Waals surface area contributed by atoms with E-state index in [2.05, 4.69) is 15.6 Å². The molecule has 1 saturated heterocycles. The molecule has 0 radical (unpaired) electrons. The molecule has 0 bridgehead atoms. The van der Waals surface area contributed by atoms with E-state index in [0.29, 0.717) is 30.5 Å². The zero-order valence-corrected chi connectivity index (χ0v) is 16.3. The second-order valence-electron chi connectivity index (χ2n) is 6.82. The maximum absolute atomic E-state index is 12.5. The van der Waals surface area contributed by atoms with Gasteiger partial charge in [-0.05, 0) is 63.1 Å². The third-order valence-electron chi connectivity index (χ3n) is 4.28. The minimum atomic E-state index is -3.47. The van der Waals surface area contributed by atoms with E-state index < -0.39 is 10.0 Å². The standard InChI is InChI=1S/C19H24N4O3S/c1-14(2)21-16-7-10-18(20-13-16)22-19(24)15-5-8-17(9-6-15)27(25,26)23-11-3-4-12-23/h5-10,13-14,21H,3-4,11-12H2,1-2H3,(H,20,22,24). The van der Waals surface area contributed by atoms with Gasteiger partial charge in [0, 0.05) is 24.7 Å². The molecule has 7 nitrogen and oxygen atoms in total. The van der Waals surface area contributed by atoms with Gasteiger partial charge in [-0.2, -0.15) is 4.31 Å². The minimum absolute atomic E-state index is 0.211. The molecule has 0 aliphatic carbocycles. The van der Waals surface area contributed by atoms with Crippen molar-refractivity contribution in [3.63, 3.8) is 0 Å². The summed E-state index contributed by atoms with van der Waals surface area (Å²) in [5, 5.41) is 5.94. The predicted octanol–water partition coefficient (Wildman–Crippen LogP) is 2.94. The lowest BCUT2D eigenvalue weighted by Gasteiger charge is -2.15. The van der Waals surface area contributed by atoms with Gasteiger partial charge in [-0.1, -0.05) is 0 Å². The number of carbonyl (C=O) groups is 1. The van der Waals surface area contributed by atoms with Crippen LogP contribution < -0.4 is 10.6 Å². The van der Waals surface area contributed by atoms with Crippen molar-refractivity contribution in [3.8, 4) is 0 Å². The van der Waals surface area contributed by atoms with Crippen molar-refractivity contribution in [2.75, 3.05) is 23.7 Å². The monoisotopic (exact) mass is 388 g/mol. The van der Waals surface area contributed by atoms with E-state index in [1.807, 2.05) is 19.9 Å². The predicted molar refractivity (Wildman–Crippen MR) is 105 cm³/mol. The van der Waals surface area contributed by atoms with E-state index in [4.69, 9.17) is 0 Å². The Labute approximate surface area is 159 Å². The lowest BCUT2D eigenvalue weighted by molar-refractivity contribution is 0.102. The van der Waals surface area contributed by atoms with Crippen LogP contribution in [0, 0.1) is 0 Å². The van der Waals surface area contributed by atoms with Crippen LogP contribution in [0.4, 0.5) is 11.5 Å². The maximum Gasteiger partial charge on any atom is 0.256 e. The highest BCUT2D eigenvalue weighted by atomic mass is 32.2. The summed E-state index contributed by atoms with van der Waals surface area (Å²) >= 11 is 0. The van der Waals surface area contributed by atoms with Crippen LogP contribution in [-0.4, -0.2) is 42.7 Å². The number of aromatic nitrogens is 1. The Morgan fingerprint density at radius 1 is 1.07 bits per heavy atom. The maximum atomic E-state index is 12.5. The topological polar surface area (TPSA) is 91.4 Å². The Morgan fingerprint density at radius 2 is 1.74 bits per heavy atom. The molecular weight excluding hydrogens is 364 g/mol. The van der Waals surface area contributed by atoms with Crippen molar-refractivity contribution in [1.29, 1.82) is 0 Å². The Kier molecular flexibility index (Phi) is 5.76. The molecule has 8 heteroatoms. The summed E-state index contributed by atoms with van der Waals surface area (Å²) in [4.78, 5) is 16.8. The Bertz CT molecular complexity index is 888. The molecule has 0 atom stereocenters. The van der Waals surface area contributed by atoms with Crippen molar-refractivity contribution in [2.45, 2.75) is 37.6 Å². The number of hydrogen-bond acceptors (Lipinski definition) is 5.